The van der Waals surface area contributed by atoms with Gasteiger partial charge < -0.3 is 9.64 Å². The normalized spacial score (nSPS) is 11.6. The van der Waals surface area contributed by atoms with Gasteiger partial charge in [-0.05, 0) is 49.0 Å². The molecule has 0 aromatic heterocycles. The predicted octanol–water partition coefficient (Wildman–Crippen LogP) is 6.62. The number of nitrogens with zero attached hydrogens (tertiary/aromatic N) is 2. The van der Waals surface area contributed by atoms with E-state index in [0.29, 0.717) is 17.4 Å². The molecule has 0 amide bonds. The smallest absolute Gasteiger partial charge is 0.137 e. The average molecular weight is 415 g/mol. The van der Waals surface area contributed by atoms with Gasteiger partial charge in [0.2, 0.25) is 0 Å². The Labute approximate surface area is 176 Å². The molecule has 3 nitrogen and oxygen atoms in total. The van der Waals surface area contributed by atoms with E-state index in [-0.39, 0.29) is 0 Å². The Kier molecular flexibility index (Phi) is 7.32. The molecule has 0 unspecified atom stereocenters. The summed E-state index contributed by atoms with van der Waals surface area (Å²) >= 11 is 12.7. The number of fused-ring (bicyclic) bond motifs is 1. The quantitative estimate of drug-likeness (QED) is 0.387. The first-order chi connectivity index (χ1) is 13.6. The maximum atomic E-state index is 6.39. The van der Waals surface area contributed by atoms with Crippen LogP contribution in [0.2, 0.25) is 10.0 Å². The number of hydrogen-bond donors (Lipinski definition) is 0. The van der Waals surface area contributed by atoms with E-state index in [9.17, 15) is 0 Å². The number of benzene rings is 3. The fourth-order valence-electron chi connectivity index (χ4n) is 3.04. The molecule has 0 spiro atoms. The Balaban J connectivity index is 1.72. The maximum absolute atomic E-state index is 6.39. The Morgan fingerprint density at radius 3 is 2.39 bits per heavy atom. The molecule has 0 aliphatic rings. The zero-order valence-electron chi connectivity index (χ0n) is 16.2. The molecule has 0 fully saturated rings. The topological polar surface area (TPSA) is 24.8 Å². The van der Waals surface area contributed by atoms with Crippen molar-refractivity contribution in [1.29, 1.82) is 0 Å². The number of hydrogen-bond acceptors (Lipinski definition) is 3. The van der Waals surface area contributed by atoms with Crippen LogP contribution < -0.4 is 4.74 Å². The molecule has 146 valence electrons. The standard InChI is InChI=1S/C23H24Cl2N2O/c1-3-27(4-2)13-14-28-23-12-9-17(15-21(23)25)16-26-22-11-10-20(24)18-7-5-6-8-19(18)22/h5-12,15-16H,3-4,13-14H2,1-2H3. The van der Waals surface area contributed by atoms with Crippen molar-refractivity contribution in [2.45, 2.75) is 13.8 Å². The summed E-state index contributed by atoms with van der Waals surface area (Å²) in [6.45, 7) is 7.83. The molecule has 0 heterocycles. The van der Waals surface area contributed by atoms with Crippen LogP contribution in [0.15, 0.2) is 59.6 Å². The molecule has 3 aromatic carbocycles. The highest BCUT2D eigenvalue weighted by molar-refractivity contribution is 6.36. The van der Waals surface area contributed by atoms with E-state index in [1.807, 2.05) is 54.6 Å². The second-order valence-corrected chi connectivity index (χ2v) is 7.25. The minimum atomic E-state index is 0.587. The van der Waals surface area contributed by atoms with E-state index in [1.165, 1.54) is 0 Å². The van der Waals surface area contributed by atoms with Crippen LogP contribution in [0.1, 0.15) is 19.4 Å². The number of likely N-dealkylation sites (N-methyl/N-ethyl adjacent to an activating group) is 1. The first-order valence-electron chi connectivity index (χ1n) is 9.48. The number of ether oxygens (including phenoxy) is 1. The van der Waals surface area contributed by atoms with Crippen LogP contribution in [-0.4, -0.2) is 37.4 Å². The van der Waals surface area contributed by atoms with Crippen LogP contribution in [0, 0.1) is 0 Å². The molecular weight excluding hydrogens is 391 g/mol. The first-order valence-corrected chi connectivity index (χ1v) is 10.2. The zero-order chi connectivity index (χ0) is 19.9. The van der Waals surface area contributed by atoms with Gasteiger partial charge in [0.05, 0.1) is 10.7 Å². The lowest BCUT2D eigenvalue weighted by Gasteiger charge is -2.18. The molecule has 3 rings (SSSR count). The van der Waals surface area contributed by atoms with Gasteiger partial charge in [-0.3, -0.25) is 4.99 Å². The van der Waals surface area contributed by atoms with Gasteiger partial charge >= 0.3 is 0 Å². The van der Waals surface area contributed by atoms with Crippen LogP contribution in [0.4, 0.5) is 5.69 Å². The lowest BCUT2D eigenvalue weighted by molar-refractivity contribution is 0.223. The Bertz CT molecular complexity index is 968. The van der Waals surface area contributed by atoms with Crippen molar-refractivity contribution in [2.75, 3.05) is 26.2 Å². The summed E-state index contributed by atoms with van der Waals surface area (Å²) in [5.74, 6) is 0.697. The van der Waals surface area contributed by atoms with Crippen molar-refractivity contribution < 1.29 is 4.74 Å². The van der Waals surface area contributed by atoms with Crippen molar-refractivity contribution >= 4 is 45.9 Å². The number of halogens is 2. The fraction of sp³-hybridized carbons (Fsp3) is 0.261. The molecule has 0 N–H and O–H groups in total. The third-order valence-corrected chi connectivity index (χ3v) is 5.34. The second kappa shape index (κ2) is 9.92. The van der Waals surface area contributed by atoms with Crippen LogP contribution in [0.5, 0.6) is 5.75 Å². The molecule has 0 atom stereocenters. The highest BCUT2D eigenvalue weighted by Gasteiger charge is 2.05. The van der Waals surface area contributed by atoms with E-state index < -0.39 is 0 Å². The summed E-state index contributed by atoms with van der Waals surface area (Å²) < 4.78 is 5.83. The monoisotopic (exact) mass is 414 g/mol. The molecule has 28 heavy (non-hydrogen) atoms. The Morgan fingerprint density at radius 2 is 1.68 bits per heavy atom. The molecule has 0 saturated heterocycles. The number of rotatable bonds is 8. The van der Waals surface area contributed by atoms with Gasteiger partial charge in [-0.15, -0.1) is 0 Å². The van der Waals surface area contributed by atoms with E-state index >= 15 is 0 Å². The summed E-state index contributed by atoms with van der Waals surface area (Å²) in [6.07, 6.45) is 1.81. The third kappa shape index (κ3) is 5.05. The predicted molar refractivity (Wildman–Crippen MR) is 121 cm³/mol. The van der Waals surface area contributed by atoms with Crippen LogP contribution in [-0.2, 0) is 0 Å². The van der Waals surface area contributed by atoms with Gasteiger partial charge in [-0.1, -0.05) is 61.3 Å². The van der Waals surface area contributed by atoms with E-state index in [1.54, 1.807) is 6.21 Å². The van der Waals surface area contributed by atoms with Crippen LogP contribution in [0.25, 0.3) is 10.8 Å². The van der Waals surface area contributed by atoms with Crippen molar-refractivity contribution in [3.8, 4) is 5.75 Å². The average Bonchev–Trinajstić information content (AvgIpc) is 2.72. The van der Waals surface area contributed by atoms with Crippen molar-refractivity contribution in [3.63, 3.8) is 0 Å². The number of aliphatic imine (C=N–C) groups is 1. The molecular formula is C23H24Cl2N2O. The van der Waals surface area contributed by atoms with Crippen LogP contribution >= 0.6 is 23.2 Å². The minimum Gasteiger partial charge on any atom is -0.491 e. The lowest BCUT2D eigenvalue weighted by Crippen LogP contribution is -2.27. The van der Waals surface area contributed by atoms with Gasteiger partial charge in [0, 0.05) is 28.6 Å². The summed E-state index contributed by atoms with van der Waals surface area (Å²) in [5, 5.41) is 3.33. The van der Waals surface area contributed by atoms with Gasteiger partial charge in [-0.2, -0.15) is 0 Å². The van der Waals surface area contributed by atoms with E-state index in [4.69, 9.17) is 27.9 Å². The van der Waals surface area contributed by atoms with Gasteiger partial charge in [0.15, 0.2) is 0 Å². The molecule has 0 aliphatic heterocycles. The Hall–Kier alpha value is -2.07. The molecule has 0 aliphatic carbocycles. The van der Waals surface area contributed by atoms with Crippen molar-refractivity contribution in [3.05, 3.63) is 70.2 Å². The molecule has 5 heteroatoms. The highest BCUT2D eigenvalue weighted by Crippen LogP contribution is 2.31. The second-order valence-electron chi connectivity index (χ2n) is 6.44. The van der Waals surface area contributed by atoms with Crippen molar-refractivity contribution in [1.82, 2.24) is 4.90 Å². The minimum absolute atomic E-state index is 0.587. The highest BCUT2D eigenvalue weighted by atomic mass is 35.5. The van der Waals surface area contributed by atoms with Crippen molar-refractivity contribution in [2.24, 2.45) is 4.99 Å². The zero-order valence-corrected chi connectivity index (χ0v) is 17.7. The van der Waals surface area contributed by atoms with Gasteiger partial charge in [0.1, 0.15) is 12.4 Å². The van der Waals surface area contributed by atoms with Crippen LogP contribution in [0.3, 0.4) is 0 Å². The summed E-state index contributed by atoms with van der Waals surface area (Å²) in [5.41, 5.74) is 1.79. The summed E-state index contributed by atoms with van der Waals surface area (Å²) in [7, 11) is 0. The molecule has 0 radical (unpaired) electrons. The largest absolute Gasteiger partial charge is 0.491 e. The maximum Gasteiger partial charge on any atom is 0.137 e. The Morgan fingerprint density at radius 1 is 0.929 bits per heavy atom. The summed E-state index contributed by atoms with van der Waals surface area (Å²) in [4.78, 5) is 6.95. The third-order valence-electron chi connectivity index (χ3n) is 4.72. The summed E-state index contributed by atoms with van der Waals surface area (Å²) in [6, 6.07) is 17.5. The molecule has 0 saturated carbocycles. The van der Waals surface area contributed by atoms with Gasteiger partial charge in [-0.25, -0.2) is 0 Å². The van der Waals surface area contributed by atoms with E-state index in [2.05, 4.69) is 23.7 Å². The molecule has 3 aromatic rings. The lowest BCUT2D eigenvalue weighted by atomic mass is 10.1. The molecule has 0 bridgehead atoms. The van der Waals surface area contributed by atoms with Gasteiger partial charge in [0.25, 0.3) is 0 Å². The van der Waals surface area contributed by atoms with E-state index in [0.717, 1.165) is 46.7 Å². The fourth-order valence-corrected chi connectivity index (χ4v) is 3.51. The SMILES string of the molecule is CCN(CC)CCOc1ccc(C=Nc2ccc(Cl)c3ccccc23)cc1Cl. The first kappa shape index (κ1) is 20.7.